The summed E-state index contributed by atoms with van der Waals surface area (Å²) in [6, 6.07) is 5.41. The number of anilines is 1. The van der Waals surface area contributed by atoms with E-state index in [4.69, 9.17) is 5.73 Å². The average molecular weight is 290 g/mol. The zero-order valence-corrected chi connectivity index (χ0v) is 12.6. The van der Waals surface area contributed by atoms with Crippen LogP contribution in [0.1, 0.15) is 22.8 Å². The van der Waals surface area contributed by atoms with Crippen LogP contribution in [0.15, 0.2) is 18.2 Å². The van der Waals surface area contributed by atoms with Gasteiger partial charge in [-0.1, -0.05) is 12.1 Å². The summed E-state index contributed by atoms with van der Waals surface area (Å²) in [4.78, 5) is 27.7. The summed E-state index contributed by atoms with van der Waals surface area (Å²) >= 11 is 0. The van der Waals surface area contributed by atoms with E-state index < -0.39 is 0 Å². The molecule has 114 valence electrons. The Morgan fingerprint density at radius 2 is 1.81 bits per heavy atom. The summed E-state index contributed by atoms with van der Waals surface area (Å²) in [5, 5.41) is 2.77. The Morgan fingerprint density at radius 1 is 1.19 bits per heavy atom. The lowest BCUT2D eigenvalue weighted by Crippen LogP contribution is -2.53. The topological polar surface area (TPSA) is 78.7 Å². The van der Waals surface area contributed by atoms with Crippen molar-refractivity contribution in [3.8, 4) is 0 Å². The van der Waals surface area contributed by atoms with Crippen molar-refractivity contribution in [3.63, 3.8) is 0 Å². The molecule has 1 saturated heterocycles. The van der Waals surface area contributed by atoms with Gasteiger partial charge in [0, 0.05) is 38.4 Å². The fourth-order valence-corrected chi connectivity index (χ4v) is 2.41. The molecule has 1 aliphatic rings. The number of benzene rings is 1. The number of hydrogen-bond donors (Lipinski definition) is 2. The van der Waals surface area contributed by atoms with Crippen molar-refractivity contribution in [2.45, 2.75) is 13.8 Å². The van der Waals surface area contributed by atoms with Crippen LogP contribution in [0.25, 0.3) is 0 Å². The average Bonchev–Trinajstić information content (AvgIpc) is 2.50. The smallest absolute Gasteiger partial charge is 0.317 e. The highest BCUT2D eigenvalue weighted by Gasteiger charge is 2.25. The molecule has 1 aliphatic heterocycles. The molecule has 6 heteroatoms. The minimum atomic E-state index is -0.0698. The van der Waals surface area contributed by atoms with E-state index in [0.29, 0.717) is 44.0 Å². The van der Waals surface area contributed by atoms with Gasteiger partial charge in [0.15, 0.2) is 0 Å². The van der Waals surface area contributed by atoms with Crippen LogP contribution in [-0.4, -0.2) is 54.5 Å². The molecule has 1 heterocycles. The van der Waals surface area contributed by atoms with Crippen molar-refractivity contribution in [3.05, 3.63) is 29.3 Å². The van der Waals surface area contributed by atoms with Gasteiger partial charge in [-0.15, -0.1) is 0 Å². The number of aryl methyl sites for hydroxylation is 1. The second-order valence-electron chi connectivity index (χ2n) is 5.15. The number of urea groups is 1. The van der Waals surface area contributed by atoms with Gasteiger partial charge in [-0.25, -0.2) is 4.79 Å². The quantitative estimate of drug-likeness (QED) is 0.800. The molecule has 0 atom stereocenters. The Hall–Kier alpha value is -2.24. The number of hydrogen-bond acceptors (Lipinski definition) is 3. The van der Waals surface area contributed by atoms with Crippen LogP contribution in [-0.2, 0) is 0 Å². The first kappa shape index (κ1) is 15.2. The SMILES string of the molecule is CCNC(=O)N1CCN(C(=O)c2cccc(C)c2N)CC1. The standard InChI is InChI=1S/C15H22N4O2/c1-3-17-15(21)19-9-7-18(8-10-19)14(20)12-6-4-5-11(2)13(12)16/h4-6H,3,7-10,16H2,1-2H3,(H,17,21). The van der Waals surface area contributed by atoms with Crippen LogP contribution < -0.4 is 11.1 Å². The predicted octanol–water partition coefficient (Wildman–Crippen LogP) is 1.06. The van der Waals surface area contributed by atoms with Crippen LogP contribution in [0.3, 0.4) is 0 Å². The Labute approximate surface area is 124 Å². The number of rotatable bonds is 2. The maximum absolute atomic E-state index is 12.5. The van der Waals surface area contributed by atoms with Crippen molar-refractivity contribution >= 4 is 17.6 Å². The highest BCUT2D eigenvalue weighted by atomic mass is 16.2. The fourth-order valence-electron chi connectivity index (χ4n) is 2.41. The summed E-state index contributed by atoms with van der Waals surface area (Å²) in [7, 11) is 0. The largest absolute Gasteiger partial charge is 0.398 e. The number of carbonyl (C=O) groups excluding carboxylic acids is 2. The molecule has 0 aromatic heterocycles. The van der Waals surface area contributed by atoms with E-state index in [1.54, 1.807) is 15.9 Å². The minimum Gasteiger partial charge on any atom is -0.398 e. The van der Waals surface area contributed by atoms with E-state index in [2.05, 4.69) is 5.32 Å². The highest BCUT2D eigenvalue weighted by molar-refractivity contribution is 5.99. The van der Waals surface area contributed by atoms with Gasteiger partial charge in [0.05, 0.1) is 5.56 Å². The monoisotopic (exact) mass is 290 g/mol. The summed E-state index contributed by atoms with van der Waals surface area (Å²) in [5.41, 5.74) is 7.97. The molecule has 6 nitrogen and oxygen atoms in total. The maximum Gasteiger partial charge on any atom is 0.317 e. The summed E-state index contributed by atoms with van der Waals surface area (Å²) in [6.45, 7) is 6.54. The van der Waals surface area contributed by atoms with E-state index in [0.717, 1.165) is 5.56 Å². The molecule has 0 unspecified atom stereocenters. The molecule has 0 bridgehead atoms. The molecular formula is C15H22N4O2. The zero-order chi connectivity index (χ0) is 15.4. The number of piperazine rings is 1. The first-order valence-electron chi connectivity index (χ1n) is 7.21. The molecule has 0 spiro atoms. The predicted molar refractivity (Wildman–Crippen MR) is 82.1 cm³/mol. The normalized spacial score (nSPS) is 15.0. The molecule has 0 aliphatic carbocycles. The highest BCUT2D eigenvalue weighted by Crippen LogP contribution is 2.19. The third-order valence-electron chi connectivity index (χ3n) is 3.74. The number of nitrogens with zero attached hydrogens (tertiary/aromatic N) is 2. The van der Waals surface area contributed by atoms with Crippen LogP contribution in [0, 0.1) is 6.92 Å². The zero-order valence-electron chi connectivity index (χ0n) is 12.6. The number of nitrogens with two attached hydrogens (primary N) is 1. The second kappa shape index (κ2) is 6.47. The molecule has 3 amide bonds. The molecular weight excluding hydrogens is 268 g/mol. The van der Waals surface area contributed by atoms with Crippen molar-refractivity contribution < 1.29 is 9.59 Å². The first-order valence-corrected chi connectivity index (χ1v) is 7.21. The van der Waals surface area contributed by atoms with Gasteiger partial charge in [0.1, 0.15) is 0 Å². The van der Waals surface area contributed by atoms with Gasteiger partial charge < -0.3 is 20.9 Å². The van der Waals surface area contributed by atoms with Gasteiger partial charge in [-0.05, 0) is 25.5 Å². The summed E-state index contributed by atoms with van der Waals surface area (Å²) in [5.74, 6) is -0.0632. The summed E-state index contributed by atoms with van der Waals surface area (Å²) < 4.78 is 0. The van der Waals surface area contributed by atoms with Gasteiger partial charge in [-0.2, -0.15) is 0 Å². The van der Waals surface area contributed by atoms with Crippen molar-refractivity contribution in [2.75, 3.05) is 38.5 Å². The van der Waals surface area contributed by atoms with Crippen molar-refractivity contribution in [2.24, 2.45) is 0 Å². The molecule has 0 radical (unpaired) electrons. The van der Waals surface area contributed by atoms with Gasteiger partial charge in [-0.3, -0.25) is 4.79 Å². The third kappa shape index (κ3) is 3.26. The Kier molecular flexibility index (Phi) is 4.67. The molecule has 0 saturated carbocycles. The van der Waals surface area contributed by atoms with Crippen molar-refractivity contribution in [1.82, 2.24) is 15.1 Å². The van der Waals surface area contributed by atoms with E-state index in [-0.39, 0.29) is 11.9 Å². The first-order chi connectivity index (χ1) is 10.0. The molecule has 1 aromatic carbocycles. The lowest BCUT2D eigenvalue weighted by molar-refractivity contribution is 0.0666. The van der Waals surface area contributed by atoms with Gasteiger partial charge in [0.2, 0.25) is 0 Å². The van der Waals surface area contributed by atoms with Gasteiger partial charge >= 0.3 is 6.03 Å². The van der Waals surface area contributed by atoms with E-state index in [1.807, 2.05) is 26.0 Å². The van der Waals surface area contributed by atoms with Crippen LogP contribution in [0.2, 0.25) is 0 Å². The number of carbonyl (C=O) groups is 2. The second-order valence-corrected chi connectivity index (χ2v) is 5.15. The Morgan fingerprint density at radius 3 is 2.43 bits per heavy atom. The molecule has 1 aromatic rings. The van der Waals surface area contributed by atoms with E-state index in [9.17, 15) is 9.59 Å². The van der Waals surface area contributed by atoms with Crippen molar-refractivity contribution in [1.29, 1.82) is 0 Å². The number of para-hydroxylation sites is 1. The molecule has 3 N–H and O–H groups in total. The molecule has 21 heavy (non-hydrogen) atoms. The van der Waals surface area contributed by atoms with Crippen LogP contribution in [0.5, 0.6) is 0 Å². The lowest BCUT2D eigenvalue weighted by atomic mass is 10.1. The number of nitrogen functional groups attached to an aromatic ring is 1. The Balaban J connectivity index is 2.00. The molecule has 2 rings (SSSR count). The minimum absolute atomic E-state index is 0.0632. The maximum atomic E-state index is 12.5. The van der Waals surface area contributed by atoms with Gasteiger partial charge in [0.25, 0.3) is 5.91 Å². The van der Waals surface area contributed by atoms with Crippen LogP contribution >= 0.6 is 0 Å². The van der Waals surface area contributed by atoms with E-state index >= 15 is 0 Å². The Bertz CT molecular complexity index is 536. The summed E-state index contributed by atoms with van der Waals surface area (Å²) in [6.07, 6.45) is 0. The number of nitrogens with one attached hydrogen (secondary N) is 1. The van der Waals surface area contributed by atoms with E-state index in [1.165, 1.54) is 0 Å². The van der Waals surface area contributed by atoms with Crippen LogP contribution in [0.4, 0.5) is 10.5 Å². The third-order valence-corrected chi connectivity index (χ3v) is 3.74. The molecule has 1 fully saturated rings. The lowest BCUT2D eigenvalue weighted by Gasteiger charge is -2.34. The number of amides is 3. The fraction of sp³-hybridized carbons (Fsp3) is 0.467.